The molecular formula is C30H29N5O2S2. The summed E-state index contributed by atoms with van der Waals surface area (Å²) in [5.41, 5.74) is 5.09. The Hall–Kier alpha value is -3.95. The Kier molecular flexibility index (Phi) is 8.09. The number of nitrogens with one attached hydrogen (secondary N) is 1. The fraction of sp³-hybridized carbons (Fsp3) is 0.200. The third kappa shape index (κ3) is 6.38. The third-order valence-corrected chi connectivity index (χ3v) is 8.05. The Balaban J connectivity index is 1.21. The van der Waals surface area contributed by atoms with E-state index < -0.39 is 0 Å². The summed E-state index contributed by atoms with van der Waals surface area (Å²) < 4.78 is 9.20. The number of ether oxygens (including phenoxy) is 1. The number of thiazole rings is 1. The number of aromatic nitrogens is 4. The summed E-state index contributed by atoms with van der Waals surface area (Å²) >= 11 is 3.00. The number of nitrogens with zero attached hydrogens (tertiary/aromatic N) is 4. The van der Waals surface area contributed by atoms with Gasteiger partial charge in [0.25, 0.3) is 0 Å². The van der Waals surface area contributed by atoms with Gasteiger partial charge < -0.3 is 10.1 Å². The predicted molar refractivity (Wildman–Crippen MR) is 160 cm³/mol. The highest BCUT2D eigenvalue weighted by Gasteiger charge is 2.20. The number of thioether (sulfide) groups is 1. The van der Waals surface area contributed by atoms with Crippen molar-refractivity contribution in [2.75, 3.05) is 11.1 Å². The molecule has 0 radical (unpaired) electrons. The zero-order valence-electron chi connectivity index (χ0n) is 22.0. The SMILES string of the molecule is C=CCn1c(SCC(=O)Nc2ccc(-c3nc4ccc(C)cc4s3)cc2)nnc1C(C)Oc1cccc(C)c1. The minimum atomic E-state index is -0.319. The maximum absolute atomic E-state index is 12.7. The smallest absolute Gasteiger partial charge is 0.234 e. The van der Waals surface area contributed by atoms with E-state index in [9.17, 15) is 4.79 Å². The minimum absolute atomic E-state index is 0.123. The molecular weight excluding hydrogens is 526 g/mol. The van der Waals surface area contributed by atoms with Gasteiger partial charge in [-0.1, -0.05) is 36.0 Å². The van der Waals surface area contributed by atoms with Gasteiger partial charge in [-0.05, 0) is 80.4 Å². The fourth-order valence-corrected chi connectivity index (χ4v) is 5.96. The van der Waals surface area contributed by atoms with Gasteiger partial charge >= 0.3 is 0 Å². The second-order valence-electron chi connectivity index (χ2n) is 9.22. The average molecular weight is 556 g/mol. The van der Waals surface area contributed by atoms with Crippen LogP contribution < -0.4 is 10.1 Å². The average Bonchev–Trinajstić information content (AvgIpc) is 3.52. The molecule has 39 heavy (non-hydrogen) atoms. The number of anilines is 1. The van der Waals surface area contributed by atoms with Gasteiger partial charge in [0, 0.05) is 17.8 Å². The molecule has 0 aliphatic carbocycles. The number of carbonyl (C=O) groups is 1. The first-order valence-electron chi connectivity index (χ1n) is 12.6. The first kappa shape index (κ1) is 26.6. The van der Waals surface area contributed by atoms with Crippen molar-refractivity contribution in [3.05, 3.63) is 96.3 Å². The molecule has 5 rings (SSSR count). The molecule has 7 nitrogen and oxygen atoms in total. The van der Waals surface area contributed by atoms with Crippen LogP contribution in [0.25, 0.3) is 20.8 Å². The van der Waals surface area contributed by atoms with Crippen molar-refractivity contribution in [1.82, 2.24) is 19.7 Å². The van der Waals surface area contributed by atoms with Gasteiger partial charge in [-0.25, -0.2) is 4.98 Å². The van der Waals surface area contributed by atoms with E-state index in [1.807, 2.05) is 73.0 Å². The van der Waals surface area contributed by atoms with E-state index in [-0.39, 0.29) is 17.8 Å². The van der Waals surface area contributed by atoms with Gasteiger partial charge in [0.15, 0.2) is 17.1 Å². The number of allylic oxidation sites excluding steroid dienone is 1. The van der Waals surface area contributed by atoms with Crippen molar-refractivity contribution in [2.45, 2.75) is 38.6 Å². The lowest BCUT2D eigenvalue weighted by molar-refractivity contribution is -0.113. The molecule has 1 unspecified atom stereocenters. The molecule has 0 fully saturated rings. The Morgan fingerprint density at radius 2 is 1.90 bits per heavy atom. The van der Waals surface area contributed by atoms with Crippen LogP contribution in [-0.4, -0.2) is 31.4 Å². The summed E-state index contributed by atoms with van der Waals surface area (Å²) in [6.45, 7) is 10.4. The molecule has 0 spiro atoms. The number of rotatable bonds is 10. The molecule has 0 aliphatic rings. The number of amides is 1. The minimum Gasteiger partial charge on any atom is -0.483 e. The summed E-state index contributed by atoms with van der Waals surface area (Å²) in [7, 11) is 0. The zero-order chi connectivity index (χ0) is 27.4. The van der Waals surface area contributed by atoms with Crippen molar-refractivity contribution in [3.63, 3.8) is 0 Å². The second kappa shape index (κ2) is 11.8. The summed E-state index contributed by atoms with van der Waals surface area (Å²) in [4.78, 5) is 17.5. The van der Waals surface area contributed by atoms with E-state index in [0.29, 0.717) is 17.5 Å². The second-order valence-corrected chi connectivity index (χ2v) is 11.2. The van der Waals surface area contributed by atoms with E-state index in [4.69, 9.17) is 9.72 Å². The van der Waals surface area contributed by atoms with E-state index >= 15 is 0 Å². The molecule has 0 saturated carbocycles. The van der Waals surface area contributed by atoms with E-state index in [0.717, 1.165) is 33.1 Å². The van der Waals surface area contributed by atoms with E-state index in [1.165, 1.54) is 22.0 Å². The van der Waals surface area contributed by atoms with Crippen molar-refractivity contribution >= 4 is 44.9 Å². The van der Waals surface area contributed by atoms with Crippen LogP contribution in [0.5, 0.6) is 5.75 Å². The summed E-state index contributed by atoms with van der Waals surface area (Å²) in [5.74, 6) is 1.52. The number of hydrogen-bond donors (Lipinski definition) is 1. The maximum Gasteiger partial charge on any atom is 0.234 e. The van der Waals surface area contributed by atoms with Crippen molar-refractivity contribution in [2.24, 2.45) is 0 Å². The van der Waals surface area contributed by atoms with Crippen molar-refractivity contribution in [1.29, 1.82) is 0 Å². The van der Waals surface area contributed by atoms with Gasteiger partial charge in [-0.2, -0.15) is 0 Å². The first-order chi connectivity index (χ1) is 18.9. The standard InChI is InChI=1S/C30H29N5O2S2/c1-5-15-35-28(21(4)37-24-8-6-7-19(2)16-24)33-34-30(35)38-18-27(36)31-23-12-10-22(11-13-23)29-32-25-14-9-20(3)17-26(25)39-29/h5-14,16-17,21H,1,15,18H2,2-4H3,(H,31,36). The Labute approximate surface area is 236 Å². The van der Waals surface area contributed by atoms with Crippen LogP contribution in [0.4, 0.5) is 5.69 Å². The normalized spacial score (nSPS) is 11.9. The Morgan fingerprint density at radius 3 is 2.67 bits per heavy atom. The molecule has 0 aliphatic heterocycles. The lowest BCUT2D eigenvalue weighted by atomic mass is 10.2. The number of hydrogen-bond acceptors (Lipinski definition) is 7. The van der Waals surface area contributed by atoms with Crippen molar-refractivity contribution in [3.8, 4) is 16.3 Å². The topological polar surface area (TPSA) is 81.9 Å². The maximum atomic E-state index is 12.7. The molecule has 1 atom stereocenters. The number of benzene rings is 3. The molecule has 0 bridgehead atoms. The van der Waals surface area contributed by atoms with Gasteiger partial charge in [0.05, 0.1) is 16.0 Å². The summed E-state index contributed by atoms with van der Waals surface area (Å²) in [6.07, 6.45) is 1.46. The molecule has 198 valence electrons. The van der Waals surface area contributed by atoms with Crippen LogP contribution in [0.1, 0.15) is 30.0 Å². The number of carbonyl (C=O) groups excluding carboxylic acids is 1. The third-order valence-electron chi connectivity index (χ3n) is 6.02. The largest absolute Gasteiger partial charge is 0.483 e. The van der Waals surface area contributed by atoms with Crippen LogP contribution >= 0.6 is 23.1 Å². The molecule has 0 saturated heterocycles. The van der Waals surface area contributed by atoms with Crippen LogP contribution in [0.2, 0.25) is 0 Å². The van der Waals surface area contributed by atoms with Crippen LogP contribution in [-0.2, 0) is 11.3 Å². The molecule has 9 heteroatoms. The molecule has 5 aromatic rings. The van der Waals surface area contributed by atoms with E-state index in [1.54, 1.807) is 17.4 Å². The summed E-state index contributed by atoms with van der Waals surface area (Å²) in [6, 6.07) is 21.9. The van der Waals surface area contributed by atoms with Gasteiger partial charge in [-0.3, -0.25) is 9.36 Å². The highest BCUT2D eigenvalue weighted by Crippen LogP contribution is 2.31. The lowest BCUT2D eigenvalue weighted by Crippen LogP contribution is -2.15. The highest BCUT2D eigenvalue weighted by atomic mass is 32.2. The molecule has 2 heterocycles. The fourth-order valence-electron chi connectivity index (χ4n) is 4.13. The van der Waals surface area contributed by atoms with Crippen molar-refractivity contribution < 1.29 is 9.53 Å². The highest BCUT2D eigenvalue weighted by molar-refractivity contribution is 7.99. The van der Waals surface area contributed by atoms with Gasteiger partial charge in [0.1, 0.15) is 10.8 Å². The van der Waals surface area contributed by atoms with Crippen LogP contribution in [0, 0.1) is 13.8 Å². The van der Waals surface area contributed by atoms with Gasteiger partial charge in [0.2, 0.25) is 5.91 Å². The number of fused-ring (bicyclic) bond motifs is 1. The Morgan fingerprint density at radius 1 is 1.10 bits per heavy atom. The molecule has 3 aromatic carbocycles. The monoisotopic (exact) mass is 555 g/mol. The first-order valence-corrected chi connectivity index (χ1v) is 14.4. The van der Waals surface area contributed by atoms with Gasteiger partial charge in [-0.15, -0.1) is 28.1 Å². The molecule has 1 amide bonds. The van der Waals surface area contributed by atoms with Crippen LogP contribution in [0.3, 0.4) is 0 Å². The molecule has 2 aromatic heterocycles. The quantitative estimate of drug-likeness (QED) is 0.145. The predicted octanol–water partition coefficient (Wildman–Crippen LogP) is 7.23. The Bertz CT molecular complexity index is 1620. The number of aryl methyl sites for hydroxylation is 2. The summed E-state index contributed by atoms with van der Waals surface area (Å²) in [5, 5.41) is 13.2. The van der Waals surface area contributed by atoms with Crippen LogP contribution in [0.15, 0.2) is 84.5 Å². The lowest BCUT2D eigenvalue weighted by Gasteiger charge is -2.16. The zero-order valence-corrected chi connectivity index (χ0v) is 23.7. The van der Waals surface area contributed by atoms with E-state index in [2.05, 4.69) is 41.1 Å². The molecule has 1 N–H and O–H groups in total.